The summed E-state index contributed by atoms with van der Waals surface area (Å²) in [5, 5.41) is 14.8. The number of hydrogen-bond donors (Lipinski definition) is 0. The summed E-state index contributed by atoms with van der Waals surface area (Å²) < 4.78 is 25.5. The first kappa shape index (κ1) is 62.8. The zero-order chi connectivity index (χ0) is 67.9. The molecule has 0 atom stereocenters. The number of para-hydroxylation sites is 9. The molecule has 0 spiro atoms. The molecule has 0 saturated carbocycles. The van der Waals surface area contributed by atoms with E-state index in [0.717, 1.165) is 154 Å². The standard InChI is InChI=1S/C48H31N4OP.C43H25N5S.2CH4/c53-54(33-15-3-1-4-16-33,34-17-5-2-6-18-34)35-29-27-32(28-30-35)40-31-41-37-20-10-13-25-44(37)51(46(41)38-21-8-7-19-36(38)40)48-50-42-23-11-9-22-39(42)47-49-43-24-12-14-26-45(43)52(47)48;1-2-13-30-28(11-1)32(26-21-23-27(24-22-26)42-45-36-17-7-10-20-39(36)49-42)25-33-29-12-4-8-18-37(29)47(40(30)33)43-46-34-15-5-3-14-31(34)41-44-35-16-6-9-19-38(35)48(41)43;;/h1-31H;1-25H;2*1H4. The van der Waals surface area contributed by atoms with E-state index in [9.17, 15) is 0 Å². The number of benzene rings is 15. The molecule has 15 aromatic carbocycles. The summed E-state index contributed by atoms with van der Waals surface area (Å²) >= 11 is 1.73. The molecule has 0 fully saturated rings. The van der Waals surface area contributed by atoms with Crippen molar-refractivity contribution in [1.82, 2.24) is 42.9 Å². The van der Waals surface area contributed by atoms with Gasteiger partial charge < -0.3 is 4.57 Å². The van der Waals surface area contributed by atoms with Crippen LogP contribution in [0, 0.1) is 0 Å². The lowest BCUT2D eigenvalue weighted by Crippen LogP contribution is -2.24. The van der Waals surface area contributed by atoms with Crippen LogP contribution in [0.15, 0.2) is 340 Å². The van der Waals surface area contributed by atoms with Gasteiger partial charge in [-0.1, -0.05) is 270 Å². The van der Waals surface area contributed by atoms with Crippen molar-refractivity contribution in [2.45, 2.75) is 14.9 Å². The highest BCUT2D eigenvalue weighted by Gasteiger charge is 2.31. The summed E-state index contributed by atoms with van der Waals surface area (Å²) in [6.07, 6.45) is 0. The van der Waals surface area contributed by atoms with Gasteiger partial charge in [0.2, 0.25) is 11.9 Å². The molecule has 0 amide bonds. The highest BCUT2D eigenvalue weighted by molar-refractivity contribution is 7.85. The van der Waals surface area contributed by atoms with Crippen LogP contribution in [0.3, 0.4) is 0 Å². The summed E-state index contributed by atoms with van der Waals surface area (Å²) in [6.45, 7) is 0. The SMILES string of the molecule is C.C.O=P(c1ccccc1)(c1ccccc1)c1ccc(-c2cc3c4ccccc4n(-c4nc5ccccc5c5nc6ccccc6n45)c3c3ccccc23)cc1.c1ccc2sc(-c3ccc(-c4cc5c6ccccc6n(-c6nc7ccccc7c7nc8ccccc8n67)c5c5ccccc45)cc3)nc2c1. The summed E-state index contributed by atoms with van der Waals surface area (Å²) in [6, 6.07) is 118. The van der Waals surface area contributed by atoms with Crippen LogP contribution in [-0.2, 0) is 4.57 Å². The second-order valence-electron chi connectivity index (χ2n) is 26.2. The monoisotopic (exact) mass is 1390 g/mol. The Balaban J connectivity index is 0.000000142. The molecule has 0 bridgehead atoms. The van der Waals surface area contributed by atoms with E-state index in [4.69, 9.17) is 24.9 Å². The highest BCUT2D eigenvalue weighted by Crippen LogP contribution is 2.47. The van der Waals surface area contributed by atoms with Crippen LogP contribution in [-0.4, -0.2) is 42.9 Å². The molecule has 7 heterocycles. The van der Waals surface area contributed by atoms with E-state index in [0.29, 0.717) is 0 Å². The van der Waals surface area contributed by atoms with Crippen molar-refractivity contribution in [3.63, 3.8) is 0 Å². The van der Waals surface area contributed by atoms with Gasteiger partial charge in [0.25, 0.3) is 0 Å². The van der Waals surface area contributed by atoms with Crippen molar-refractivity contribution < 1.29 is 4.57 Å². The van der Waals surface area contributed by atoms with Crippen LogP contribution in [0.25, 0.3) is 175 Å². The average Bonchev–Trinajstić information content (AvgIpc) is 1.57. The fourth-order valence-electron chi connectivity index (χ4n) is 15.9. The molecule has 498 valence electrons. The van der Waals surface area contributed by atoms with E-state index in [-0.39, 0.29) is 14.9 Å². The third kappa shape index (κ3) is 9.70. The maximum absolute atomic E-state index is 15.2. The van der Waals surface area contributed by atoms with Gasteiger partial charge in [0.05, 0.1) is 65.4 Å². The second-order valence-corrected chi connectivity index (χ2v) is 30.0. The van der Waals surface area contributed by atoms with Gasteiger partial charge in [-0.15, -0.1) is 11.3 Å². The van der Waals surface area contributed by atoms with E-state index in [1.807, 2.05) is 97.1 Å². The second kappa shape index (κ2) is 24.8. The largest absolute Gasteiger partial charge is 0.309 e. The Morgan fingerprint density at radius 1 is 0.267 bits per heavy atom. The molecule has 0 N–H and O–H groups in total. The van der Waals surface area contributed by atoms with Gasteiger partial charge >= 0.3 is 0 Å². The predicted octanol–water partition coefficient (Wildman–Crippen LogP) is 23.1. The van der Waals surface area contributed by atoms with E-state index >= 15 is 4.57 Å². The lowest BCUT2D eigenvalue weighted by atomic mass is 9.94. The smallest absolute Gasteiger partial charge is 0.221 e. The maximum Gasteiger partial charge on any atom is 0.221 e. The zero-order valence-electron chi connectivity index (χ0n) is 55.1. The van der Waals surface area contributed by atoms with Crippen molar-refractivity contribution in [3.05, 3.63) is 340 Å². The van der Waals surface area contributed by atoms with Crippen molar-refractivity contribution in [3.8, 4) is 44.7 Å². The van der Waals surface area contributed by atoms with E-state index < -0.39 is 7.14 Å². The predicted molar refractivity (Wildman–Crippen MR) is 442 cm³/mol. The van der Waals surface area contributed by atoms with Gasteiger partial charge in [-0.2, -0.15) is 0 Å². The van der Waals surface area contributed by atoms with Crippen molar-refractivity contribution in [2.75, 3.05) is 0 Å². The average molecular weight is 1390 g/mol. The summed E-state index contributed by atoms with van der Waals surface area (Å²) in [5.41, 5.74) is 18.6. The van der Waals surface area contributed by atoms with Crippen LogP contribution in [0.5, 0.6) is 0 Å². The molecule has 0 unspecified atom stereocenters. The molecule has 0 aliphatic rings. The van der Waals surface area contributed by atoms with Gasteiger partial charge in [-0.25, -0.2) is 24.9 Å². The van der Waals surface area contributed by atoms with Crippen LogP contribution in [0.1, 0.15) is 14.9 Å². The summed E-state index contributed by atoms with van der Waals surface area (Å²) in [4.78, 5) is 26.0. The van der Waals surface area contributed by atoms with Crippen LogP contribution in [0.4, 0.5) is 0 Å². The maximum atomic E-state index is 15.2. The molecule has 7 aromatic heterocycles. The molecule has 22 rings (SSSR count). The number of imidazole rings is 2. The Morgan fingerprint density at radius 2 is 0.610 bits per heavy atom. The lowest BCUT2D eigenvalue weighted by molar-refractivity contribution is 0.592. The normalized spacial score (nSPS) is 11.9. The molecule has 0 aliphatic heterocycles. The van der Waals surface area contributed by atoms with Gasteiger partial charge in [0, 0.05) is 64.6 Å². The van der Waals surface area contributed by atoms with Crippen LogP contribution in [0.2, 0.25) is 0 Å². The van der Waals surface area contributed by atoms with Gasteiger partial charge in [-0.3, -0.25) is 17.9 Å². The molecule has 0 radical (unpaired) electrons. The summed E-state index contributed by atoms with van der Waals surface area (Å²) in [7, 11) is -3.11. The van der Waals surface area contributed by atoms with E-state index in [1.54, 1.807) is 11.3 Å². The zero-order valence-corrected chi connectivity index (χ0v) is 56.8. The molecule has 10 nitrogen and oxygen atoms in total. The Kier molecular flexibility index (Phi) is 14.8. The van der Waals surface area contributed by atoms with Gasteiger partial charge in [0.1, 0.15) is 16.3 Å². The quantitative estimate of drug-likeness (QED) is 0.141. The first-order valence-electron chi connectivity index (χ1n) is 34.5. The molecule has 0 aliphatic carbocycles. The molecule has 0 saturated heterocycles. The first-order valence-corrected chi connectivity index (χ1v) is 37.0. The fourth-order valence-corrected chi connectivity index (χ4v) is 19.5. The molecule has 22 aromatic rings. The topological polar surface area (TPSA) is 100 Å². The number of rotatable bonds is 8. The van der Waals surface area contributed by atoms with Crippen molar-refractivity contribution in [2.24, 2.45) is 0 Å². The third-order valence-corrected chi connectivity index (χ3v) is 24.7. The Hall–Kier alpha value is -13.2. The number of hydrogen-bond acceptors (Lipinski definition) is 7. The minimum atomic E-state index is -3.11. The van der Waals surface area contributed by atoms with Gasteiger partial charge in [-0.05, 0) is 118 Å². The Morgan fingerprint density at radius 3 is 1.07 bits per heavy atom. The number of aromatic nitrogens is 9. The number of nitrogens with zero attached hydrogens (tertiary/aromatic N) is 9. The minimum absolute atomic E-state index is 0. The first-order chi connectivity index (χ1) is 51.0. The van der Waals surface area contributed by atoms with E-state index in [2.05, 4.69) is 261 Å². The third-order valence-electron chi connectivity index (χ3n) is 20.5. The molecular weight excluding hydrogens is 1320 g/mol. The number of fused-ring (bicyclic) bond motifs is 21. The van der Waals surface area contributed by atoms with Crippen molar-refractivity contribution in [1.29, 1.82) is 0 Å². The lowest BCUT2D eigenvalue weighted by Gasteiger charge is -2.20. The van der Waals surface area contributed by atoms with Crippen LogP contribution >= 0.6 is 18.5 Å². The van der Waals surface area contributed by atoms with Gasteiger partial charge in [0.15, 0.2) is 7.14 Å². The molecule has 105 heavy (non-hydrogen) atoms. The molecule has 12 heteroatoms. The molecular formula is C93H64N9OPS. The number of thiazole rings is 1. The fraction of sp³-hybridized carbons (Fsp3) is 0.0215. The minimum Gasteiger partial charge on any atom is -0.309 e. The Bertz CT molecular complexity index is 7200. The Labute approximate surface area is 607 Å². The highest BCUT2D eigenvalue weighted by atomic mass is 32.1. The summed E-state index contributed by atoms with van der Waals surface area (Å²) in [5.74, 6) is 1.62. The van der Waals surface area contributed by atoms with Crippen LogP contribution < -0.4 is 15.9 Å². The van der Waals surface area contributed by atoms with Crippen molar-refractivity contribution >= 4 is 165 Å². The van der Waals surface area contributed by atoms with E-state index in [1.165, 1.54) is 37.4 Å².